The van der Waals surface area contributed by atoms with Crippen LogP contribution in [0.3, 0.4) is 0 Å². The van der Waals surface area contributed by atoms with Crippen molar-refractivity contribution in [2.75, 3.05) is 5.32 Å². The molecule has 152 valence electrons. The SMILES string of the molecule is O=C(O)C1=C(C(=O)Nc2cc(Br)c(OCc3ccc(F)cc3F)c(Br)c2)CCC1. The van der Waals surface area contributed by atoms with Gasteiger partial charge in [0.2, 0.25) is 0 Å². The second-order valence-electron chi connectivity index (χ2n) is 6.36. The van der Waals surface area contributed by atoms with E-state index in [4.69, 9.17) is 4.74 Å². The third kappa shape index (κ3) is 5.02. The first-order chi connectivity index (χ1) is 13.8. The maximum atomic E-state index is 13.8. The fourth-order valence-electron chi connectivity index (χ4n) is 3.00. The van der Waals surface area contributed by atoms with E-state index >= 15 is 0 Å². The lowest BCUT2D eigenvalue weighted by atomic mass is 10.1. The number of carbonyl (C=O) groups is 2. The van der Waals surface area contributed by atoms with Gasteiger partial charge in [0.25, 0.3) is 5.91 Å². The van der Waals surface area contributed by atoms with E-state index in [1.54, 1.807) is 12.1 Å². The van der Waals surface area contributed by atoms with Gasteiger partial charge >= 0.3 is 5.97 Å². The second kappa shape index (κ2) is 9.04. The van der Waals surface area contributed by atoms with Crippen molar-refractivity contribution in [3.05, 3.63) is 67.6 Å². The monoisotopic (exact) mass is 529 g/mol. The Labute approximate surface area is 182 Å². The van der Waals surface area contributed by atoms with Gasteiger partial charge in [0, 0.05) is 28.5 Å². The van der Waals surface area contributed by atoms with Gasteiger partial charge in [-0.25, -0.2) is 13.6 Å². The summed E-state index contributed by atoms with van der Waals surface area (Å²) >= 11 is 6.69. The number of hydrogen-bond acceptors (Lipinski definition) is 3. The van der Waals surface area contributed by atoms with Crippen molar-refractivity contribution >= 4 is 49.4 Å². The minimum Gasteiger partial charge on any atom is -0.486 e. The molecule has 9 heteroatoms. The topological polar surface area (TPSA) is 75.6 Å². The number of carboxylic acids is 1. The van der Waals surface area contributed by atoms with Crippen LogP contribution in [0.5, 0.6) is 5.75 Å². The Bertz CT molecular complexity index is 1000. The van der Waals surface area contributed by atoms with Crippen LogP contribution in [0.2, 0.25) is 0 Å². The molecule has 3 rings (SSSR count). The average molecular weight is 531 g/mol. The van der Waals surface area contributed by atoms with E-state index in [9.17, 15) is 23.5 Å². The molecule has 0 heterocycles. The smallest absolute Gasteiger partial charge is 0.332 e. The normalized spacial score (nSPS) is 13.5. The molecule has 5 nitrogen and oxygen atoms in total. The highest BCUT2D eigenvalue weighted by Gasteiger charge is 2.25. The number of benzene rings is 2. The summed E-state index contributed by atoms with van der Waals surface area (Å²) in [5.74, 6) is -2.54. The molecule has 0 unspecified atom stereocenters. The molecule has 2 aromatic carbocycles. The quantitative estimate of drug-likeness (QED) is 0.511. The molecular weight excluding hydrogens is 516 g/mol. The molecule has 0 aliphatic heterocycles. The minimum absolute atomic E-state index is 0.121. The van der Waals surface area contributed by atoms with Crippen molar-refractivity contribution in [1.82, 2.24) is 0 Å². The number of hydrogen-bond donors (Lipinski definition) is 2. The summed E-state index contributed by atoms with van der Waals surface area (Å²) < 4.78 is 33.4. The molecule has 0 atom stereocenters. The predicted molar refractivity (Wildman–Crippen MR) is 110 cm³/mol. The highest BCUT2D eigenvalue weighted by atomic mass is 79.9. The lowest BCUT2D eigenvalue weighted by Gasteiger charge is -2.14. The lowest BCUT2D eigenvalue weighted by molar-refractivity contribution is -0.133. The molecule has 0 fully saturated rings. The molecule has 0 spiro atoms. The number of ether oxygens (including phenoxy) is 1. The molecule has 0 bridgehead atoms. The van der Waals surface area contributed by atoms with Gasteiger partial charge in [0.1, 0.15) is 24.0 Å². The van der Waals surface area contributed by atoms with Crippen LogP contribution in [0.15, 0.2) is 50.4 Å². The zero-order valence-electron chi connectivity index (χ0n) is 14.9. The molecule has 29 heavy (non-hydrogen) atoms. The Morgan fingerprint density at radius 2 is 1.72 bits per heavy atom. The summed E-state index contributed by atoms with van der Waals surface area (Å²) in [5.41, 5.74) is 1.04. The van der Waals surface area contributed by atoms with Crippen LogP contribution >= 0.6 is 31.9 Å². The fraction of sp³-hybridized carbons (Fsp3) is 0.200. The molecule has 1 aliphatic carbocycles. The first-order valence-corrected chi connectivity index (χ1v) is 10.2. The molecule has 2 aromatic rings. The maximum absolute atomic E-state index is 13.8. The highest BCUT2D eigenvalue weighted by Crippen LogP contribution is 2.37. The number of carboxylic acid groups (broad SMARTS) is 1. The van der Waals surface area contributed by atoms with Crippen LogP contribution in [0.4, 0.5) is 14.5 Å². The van der Waals surface area contributed by atoms with Crippen LogP contribution in [0, 0.1) is 11.6 Å². The minimum atomic E-state index is -1.08. The first-order valence-electron chi connectivity index (χ1n) is 8.58. The van der Waals surface area contributed by atoms with Gasteiger partial charge in [-0.1, -0.05) is 0 Å². The summed E-state index contributed by atoms with van der Waals surface area (Å²) in [6.45, 7) is -0.121. The van der Waals surface area contributed by atoms with Gasteiger partial charge in [-0.05, 0) is 75.4 Å². The van der Waals surface area contributed by atoms with Crippen molar-refractivity contribution in [3.63, 3.8) is 0 Å². The Hall–Kier alpha value is -2.26. The van der Waals surface area contributed by atoms with Gasteiger partial charge in [-0.2, -0.15) is 0 Å². The van der Waals surface area contributed by atoms with Crippen molar-refractivity contribution in [3.8, 4) is 5.75 Å². The average Bonchev–Trinajstić information content (AvgIpc) is 3.13. The molecule has 1 aliphatic rings. The summed E-state index contributed by atoms with van der Waals surface area (Å²) in [7, 11) is 0. The van der Waals surface area contributed by atoms with Crippen LogP contribution in [0.1, 0.15) is 24.8 Å². The van der Waals surface area contributed by atoms with Crippen LogP contribution in [0.25, 0.3) is 0 Å². The van der Waals surface area contributed by atoms with Crippen molar-refractivity contribution in [2.24, 2.45) is 0 Å². The third-order valence-corrected chi connectivity index (χ3v) is 5.57. The molecule has 0 aromatic heterocycles. The van der Waals surface area contributed by atoms with E-state index in [1.165, 1.54) is 6.07 Å². The fourth-order valence-corrected chi connectivity index (χ4v) is 4.41. The Morgan fingerprint density at radius 3 is 2.34 bits per heavy atom. The van der Waals surface area contributed by atoms with Gasteiger partial charge in [-0.3, -0.25) is 4.79 Å². The van der Waals surface area contributed by atoms with E-state index < -0.39 is 23.5 Å². The molecule has 2 N–H and O–H groups in total. The van der Waals surface area contributed by atoms with Gasteiger partial charge < -0.3 is 15.2 Å². The van der Waals surface area contributed by atoms with Gasteiger partial charge in [-0.15, -0.1) is 0 Å². The molecule has 0 saturated heterocycles. The summed E-state index contributed by atoms with van der Waals surface area (Å²) in [4.78, 5) is 23.7. The molecule has 1 amide bonds. The standard InChI is InChI=1S/C20H15Br2F2NO4/c21-15-7-12(25-19(26)13-2-1-3-14(13)20(27)28)8-16(22)18(15)29-9-10-4-5-11(23)6-17(10)24/h4-8H,1-3,9H2,(H,25,26)(H,27,28). The van der Waals surface area contributed by atoms with E-state index in [0.717, 1.165) is 12.1 Å². The zero-order valence-corrected chi connectivity index (χ0v) is 18.1. The highest BCUT2D eigenvalue weighted by molar-refractivity contribution is 9.11. The Kier molecular flexibility index (Phi) is 6.69. The van der Waals surface area contributed by atoms with Gasteiger partial charge in [0.15, 0.2) is 0 Å². The number of halogens is 4. The van der Waals surface area contributed by atoms with Crippen molar-refractivity contribution in [1.29, 1.82) is 0 Å². The largest absolute Gasteiger partial charge is 0.486 e. The molecule has 0 saturated carbocycles. The summed E-state index contributed by atoms with van der Waals surface area (Å²) in [6, 6.07) is 6.42. The van der Waals surface area contributed by atoms with Crippen molar-refractivity contribution in [2.45, 2.75) is 25.9 Å². The Morgan fingerprint density at radius 1 is 1.07 bits per heavy atom. The summed E-state index contributed by atoms with van der Waals surface area (Å²) in [5, 5.41) is 11.9. The zero-order chi connectivity index (χ0) is 21.1. The summed E-state index contributed by atoms with van der Waals surface area (Å²) in [6.07, 6.45) is 1.42. The predicted octanol–water partition coefficient (Wildman–Crippen LogP) is 5.57. The van der Waals surface area contributed by atoms with E-state index in [0.29, 0.717) is 39.6 Å². The number of carbonyl (C=O) groups excluding carboxylic acids is 1. The van der Waals surface area contributed by atoms with Crippen LogP contribution in [-0.2, 0) is 16.2 Å². The lowest BCUT2D eigenvalue weighted by Crippen LogP contribution is -2.16. The van der Waals surface area contributed by atoms with Crippen LogP contribution < -0.4 is 10.1 Å². The molecule has 0 radical (unpaired) electrons. The van der Waals surface area contributed by atoms with Crippen LogP contribution in [-0.4, -0.2) is 17.0 Å². The number of nitrogens with one attached hydrogen (secondary N) is 1. The maximum Gasteiger partial charge on any atom is 0.332 e. The molecular formula is C20H15Br2F2NO4. The van der Waals surface area contributed by atoms with E-state index in [1.807, 2.05) is 0 Å². The first kappa shape index (κ1) is 21.4. The number of amides is 1. The number of anilines is 1. The van der Waals surface area contributed by atoms with Gasteiger partial charge in [0.05, 0.1) is 8.95 Å². The Balaban J connectivity index is 1.74. The number of rotatable bonds is 6. The van der Waals surface area contributed by atoms with E-state index in [2.05, 4.69) is 37.2 Å². The van der Waals surface area contributed by atoms with Crippen molar-refractivity contribution < 1.29 is 28.2 Å². The van der Waals surface area contributed by atoms with E-state index in [-0.39, 0.29) is 23.3 Å². The third-order valence-electron chi connectivity index (χ3n) is 4.39. The second-order valence-corrected chi connectivity index (χ2v) is 8.07. The number of aliphatic carboxylic acids is 1.